The van der Waals surface area contributed by atoms with Crippen molar-refractivity contribution in [1.29, 1.82) is 0 Å². The van der Waals surface area contributed by atoms with E-state index in [1.165, 1.54) is 4.88 Å². The largest absolute Gasteiger partial charge is 0.418 e. The molecule has 0 spiro atoms. The molecule has 7 heteroatoms. The predicted octanol–water partition coefficient (Wildman–Crippen LogP) is 3.51. The Kier molecular flexibility index (Phi) is 3.74. The van der Waals surface area contributed by atoms with Crippen LogP contribution in [0, 0.1) is 6.92 Å². The van der Waals surface area contributed by atoms with Crippen LogP contribution < -0.4 is 10.1 Å². The molecule has 110 valence electrons. The summed E-state index contributed by atoms with van der Waals surface area (Å²) < 4.78 is 5.83. The number of aryl methyl sites for hydroxylation is 2. The minimum Gasteiger partial charge on any atom is -0.418 e. The van der Waals surface area contributed by atoms with Crippen LogP contribution in [0.25, 0.3) is 10.2 Å². The van der Waals surface area contributed by atoms with E-state index in [0.717, 1.165) is 28.9 Å². The molecule has 0 aliphatic rings. The summed E-state index contributed by atoms with van der Waals surface area (Å²) in [6.45, 7) is 6.83. The first-order valence-corrected chi connectivity index (χ1v) is 7.75. The molecule has 0 saturated heterocycles. The topological polar surface area (TPSA) is 75.7 Å². The standard InChI is InChI=1S/C14H17N5OS/c1-4-9-7-10-12(20-11-6-8(3)18-19-11)16-14(15-5-2)17-13(10)21-9/h6-7H,4-5H2,1-3H3,(H,18,19)(H,15,16,17). The van der Waals surface area contributed by atoms with Crippen molar-refractivity contribution in [2.75, 3.05) is 11.9 Å². The van der Waals surface area contributed by atoms with Crippen molar-refractivity contribution in [2.45, 2.75) is 27.2 Å². The van der Waals surface area contributed by atoms with Gasteiger partial charge in [0.25, 0.3) is 0 Å². The molecule has 3 rings (SSSR count). The van der Waals surface area contributed by atoms with Crippen molar-refractivity contribution >= 4 is 27.5 Å². The molecular formula is C14H17N5OS. The molecule has 3 aromatic heterocycles. The van der Waals surface area contributed by atoms with Gasteiger partial charge >= 0.3 is 0 Å². The highest BCUT2D eigenvalue weighted by Crippen LogP contribution is 2.33. The van der Waals surface area contributed by atoms with Gasteiger partial charge in [0.15, 0.2) is 0 Å². The van der Waals surface area contributed by atoms with Gasteiger partial charge in [0.2, 0.25) is 17.7 Å². The van der Waals surface area contributed by atoms with Crippen LogP contribution in [0.3, 0.4) is 0 Å². The second-order valence-electron chi connectivity index (χ2n) is 4.66. The molecule has 0 amide bonds. The fourth-order valence-electron chi connectivity index (χ4n) is 1.98. The Labute approximate surface area is 126 Å². The molecule has 3 heterocycles. The maximum Gasteiger partial charge on any atom is 0.240 e. The summed E-state index contributed by atoms with van der Waals surface area (Å²) in [5, 5.41) is 11.0. The Bertz CT molecular complexity index is 764. The van der Waals surface area contributed by atoms with E-state index in [4.69, 9.17) is 4.74 Å². The monoisotopic (exact) mass is 303 g/mol. The molecule has 0 aliphatic carbocycles. The van der Waals surface area contributed by atoms with Gasteiger partial charge in [-0.05, 0) is 26.3 Å². The lowest BCUT2D eigenvalue weighted by Crippen LogP contribution is -2.02. The number of fused-ring (bicyclic) bond motifs is 1. The highest BCUT2D eigenvalue weighted by atomic mass is 32.1. The van der Waals surface area contributed by atoms with Crippen LogP contribution in [0.2, 0.25) is 0 Å². The van der Waals surface area contributed by atoms with E-state index in [9.17, 15) is 0 Å². The molecule has 0 atom stereocenters. The number of anilines is 1. The lowest BCUT2D eigenvalue weighted by molar-refractivity contribution is 0.449. The summed E-state index contributed by atoms with van der Waals surface area (Å²) in [5.74, 6) is 1.63. The lowest BCUT2D eigenvalue weighted by atomic mass is 10.3. The number of hydrogen-bond acceptors (Lipinski definition) is 6. The van der Waals surface area contributed by atoms with Crippen LogP contribution in [0.4, 0.5) is 5.95 Å². The van der Waals surface area contributed by atoms with E-state index >= 15 is 0 Å². The molecule has 0 saturated carbocycles. The van der Waals surface area contributed by atoms with Gasteiger partial charge in [0.05, 0.1) is 5.39 Å². The Balaban J connectivity index is 2.06. The number of aromatic nitrogens is 4. The van der Waals surface area contributed by atoms with Crippen LogP contribution in [0.15, 0.2) is 12.1 Å². The predicted molar refractivity (Wildman–Crippen MR) is 84.4 cm³/mol. The van der Waals surface area contributed by atoms with Crippen LogP contribution >= 0.6 is 11.3 Å². The smallest absolute Gasteiger partial charge is 0.240 e. The van der Waals surface area contributed by atoms with Gasteiger partial charge in [-0.25, -0.2) is 4.98 Å². The van der Waals surface area contributed by atoms with E-state index in [0.29, 0.717) is 17.7 Å². The second kappa shape index (κ2) is 5.69. The van der Waals surface area contributed by atoms with Gasteiger partial charge in [-0.3, -0.25) is 5.10 Å². The van der Waals surface area contributed by atoms with E-state index in [1.807, 2.05) is 19.9 Å². The van der Waals surface area contributed by atoms with Crippen LogP contribution in [0.1, 0.15) is 24.4 Å². The molecule has 3 aromatic rings. The Morgan fingerprint density at radius 1 is 1.29 bits per heavy atom. The molecular weight excluding hydrogens is 286 g/mol. The van der Waals surface area contributed by atoms with Gasteiger partial charge in [-0.1, -0.05) is 6.92 Å². The Morgan fingerprint density at radius 2 is 2.14 bits per heavy atom. The first kappa shape index (κ1) is 13.8. The highest BCUT2D eigenvalue weighted by Gasteiger charge is 2.14. The summed E-state index contributed by atoms with van der Waals surface area (Å²) in [5.41, 5.74) is 0.946. The SMILES string of the molecule is CCNc1nc(Oc2cc(C)[nH]n2)c2cc(CC)sc2n1. The average molecular weight is 303 g/mol. The molecule has 0 aliphatic heterocycles. The van der Waals surface area contributed by atoms with Gasteiger partial charge < -0.3 is 10.1 Å². The third-order valence-electron chi connectivity index (χ3n) is 2.98. The normalized spacial score (nSPS) is 11.0. The highest BCUT2D eigenvalue weighted by molar-refractivity contribution is 7.18. The number of hydrogen-bond donors (Lipinski definition) is 2. The van der Waals surface area contributed by atoms with Crippen molar-refractivity contribution in [3.05, 3.63) is 22.7 Å². The van der Waals surface area contributed by atoms with Gasteiger partial charge in [0, 0.05) is 23.2 Å². The average Bonchev–Trinajstić information content (AvgIpc) is 3.05. The summed E-state index contributed by atoms with van der Waals surface area (Å²) in [7, 11) is 0. The molecule has 0 fully saturated rings. The molecule has 0 unspecified atom stereocenters. The van der Waals surface area contributed by atoms with Crippen molar-refractivity contribution in [2.24, 2.45) is 0 Å². The number of aromatic amines is 1. The summed E-state index contributed by atoms with van der Waals surface area (Å²) >= 11 is 1.67. The van der Waals surface area contributed by atoms with E-state index < -0.39 is 0 Å². The quantitative estimate of drug-likeness (QED) is 0.754. The van der Waals surface area contributed by atoms with E-state index in [2.05, 4.69) is 38.5 Å². The van der Waals surface area contributed by atoms with Crippen LogP contribution in [-0.4, -0.2) is 26.7 Å². The molecule has 0 aromatic carbocycles. The van der Waals surface area contributed by atoms with Crippen molar-refractivity contribution < 1.29 is 4.74 Å². The second-order valence-corrected chi connectivity index (χ2v) is 5.77. The number of nitrogens with zero attached hydrogens (tertiary/aromatic N) is 3. The maximum absolute atomic E-state index is 5.83. The minimum absolute atomic E-state index is 0.513. The van der Waals surface area contributed by atoms with Crippen LogP contribution in [0.5, 0.6) is 11.8 Å². The molecule has 0 radical (unpaired) electrons. The number of nitrogens with one attached hydrogen (secondary N) is 2. The van der Waals surface area contributed by atoms with Gasteiger partial charge in [-0.2, -0.15) is 4.98 Å². The fraction of sp³-hybridized carbons (Fsp3) is 0.357. The number of thiophene rings is 1. The third kappa shape index (κ3) is 2.82. The van der Waals surface area contributed by atoms with E-state index in [-0.39, 0.29) is 0 Å². The minimum atomic E-state index is 0.513. The zero-order chi connectivity index (χ0) is 14.8. The summed E-state index contributed by atoms with van der Waals surface area (Å²) in [4.78, 5) is 11.2. The van der Waals surface area contributed by atoms with Crippen molar-refractivity contribution in [1.82, 2.24) is 20.2 Å². The Morgan fingerprint density at radius 3 is 2.81 bits per heavy atom. The fourth-order valence-corrected chi connectivity index (χ4v) is 2.94. The zero-order valence-corrected chi connectivity index (χ0v) is 13.0. The maximum atomic E-state index is 5.83. The first-order valence-electron chi connectivity index (χ1n) is 6.93. The van der Waals surface area contributed by atoms with E-state index in [1.54, 1.807) is 11.3 Å². The summed E-state index contributed by atoms with van der Waals surface area (Å²) in [6, 6.07) is 3.93. The lowest BCUT2D eigenvalue weighted by Gasteiger charge is -2.06. The van der Waals surface area contributed by atoms with Crippen molar-refractivity contribution in [3.63, 3.8) is 0 Å². The third-order valence-corrected chi connectivity index (χ3v) is 4.15. The molecule has 21 heavy (non-hydrogen) atoms. The zero-order valence-electron chi connectivity index (χ0n) is 12.2. The number of rotatable bonds is 5. The number of H-pyrrole nitrogens is 1. The van der Waals surface area contributed by atoms with Gasteiger partial charge in [0.1, 0.15) is 4.83 Å². The van der Waals surface area contributed by atoms with Crippen LogP contribution in [-0.2, 0) is 6.42 Å². The first-order chi connectivity index (χ1) is 10.2. The molecule has 6 nitrogen and oxygen atoms in total. The van der Waals surface area contributed by atoms with Crippen molar-refractivity contribution in [3.8, 4) is 11.8 Å². The number of ether oxygens (including phenoxy) is 1. The van der Waals surface area contributed by atoms with Gasteiger partial charge in [-0.15, -0.1) is 16.4 Å². The molecule has 0 bridgehead atoms. The molecule has 2 N–H and O–H groups in total. The summed E-state index contributed by atoms with van der Waals surface area (Å²) in [6.07, 6.45) is 0.971. The Hall–Kier alpha value is -2.15.